The summed E-state index contributed by atoms with van der Waals surface area (Å²) in [5.74, 6) is 1.26. The Morgan fingerprint density at radius 1 is 0.875 bits per heavy atom. The highest BCUT2D eigenvalue weighted by Crippen LogP contribution is 2.25. The molecule has 0 unspecified atom stereocenters. The molecule has 0 fully saturated rings. The van der Waals surface area contributed by atoms with E-state index in [1.807, 2.05) is 28.7 Å². The fraction of sp³-hybridized carbons (Fsp3) is 0.150. The van der Waals surface area contributed by atoms with Crippen LogP contribution in [-0.4, -0.2) is 19.6 Å². The van der Waals surface area contributed by atoms with Crippen molar-refractivity contribution in [1.29, 1.82) is 0 Å². The number of nitrogens with zero attached hydrogens (tertiary/aromatic N) is 4. The molecule has 1 aromatic carbocycles. The van der Waals surface area contributed by atoms with Crippen molar-refractivity contribution in [2.24, 2.45) is 0 Å². The monoisotopic (exact) mass is 314 g/mol. The zero-order valence-electron chi connectivity index (χ0n) is 13.7. The van der Waals surface area contributed by atoms with Crippen LogP contribution in [0.5, 0.6) is 0 Å². The number of hydrogen-bond donors (Lipinski definition) is 0. The van der Waals surface area contributed by atoms with E-state index < -0.39 is 0 Å². The van der Waals surface area contributed by atoms with Gasteiger partial charge in [-0.3, -0.25) is 9.38 Å². The van der Waals surface area contributed by atoms with Crippen molar-refractivity contribution in [2.45, 2.75) is 19.8 Å². The molecule has 118 valence electrons. The zero-order chi connectivity index (χ0) is 16.5. The first-order valence-corrected chi connectivity index (χ1v) is 8.09. The molecule has 3 heterocycles. The van der Waals surface area contributed by atoms with Gasteiger partial charge in [-0.05, 0) is 46.9 Å². The van der Waals surface area contributed by atoms with Crippen LogP contribution in [0.4, 0.5) is 0 Å². The lowest BCUT2D eigenvalue weighted by atomic mass is 9.98. The Labute approximate surface area is 140 Å². The number of rotatable bonds is 3. The maximum Gasteiger partial charge on any atom is 0.187 e. The van der Waals surface area contributed by atoms with E-state index >= 15 is 0 Å². The first-order valence-electron chi connectivity index (χ1n) is 8.09. The van der Waals surface area contributed by atoms with E-state index in [1.54, 1.807) is 6.20 Å². The van der Waals surface area contributed by atoms with Gasteiger partial charge in [0.1, 0.15) is 5.69 Å². The van der Waals surface area contributed by atoms with Gasteiger partial charge >= 0.3 is 0 Å². The second-order valence-corrected chi connectivity index (χ2v) is 6.16. The first-order chi connectivity index (χ1) is 11.7. The van der Waals surface area contributed by atoms with E-state index in [4.69, 9.17) is 0 Å². The Bertz CT molecular complexity index is 987. The number of pyridine rings is 2. The summed E-state index contributed by atoms with van der Waals surface area (Å²) in [5, 5.41) is 8.55. The van der Waals surface area contributed by atoms with Crippen molar-refractivity contribution in [1.82, 2.24) is 19.6 Å². The SMILES string of the molecule is CC(C)c1cccc(-c2ccc3nnc(-c4ccccn4)n3c2)c1. The van der Waals surface area contributed by atoms with Gasteiger partial charge in [-0.25, -0.2) is 0 Å². The van der Waals surface area contributed by atoms with Crippen LogP contribution in [0.15, 0.2) is 67.0 Å². The highest BCUT2D eigenvalue weighted by molar-refractivity contribution is 5.67. The predicted molar refractivity (Wildman–Crippen MR) is 95.7 cm³/mol. The molecule has 0 aliphatic heterocycles. The van der Waals surface area contributed by atoms with E-state index in [2.05, 4.69) is 65.6 Å². The molecule has 3 aromatic heterocycles. The molecular weight excluding hydrogens is 296 g/mol. The fourth-order valence-corrected chi connectivity index (χ4v) is 2.81. The number of benzene rings is 1. The van der Waals surface area contributed by atoms with Crippen molar-refractivity contribution in [3.63, 3.8) is 0 Å². The Kier molecular flexibility index (Phi) is 3.58. The summed E-state index contributed by atoms with van der Waals surface area (Å²) >= 11 is 0. The minimum atomic E-state index is 0.507. The van der Waals surface area contributed by atoms with Crippen LogP contribution in [0.1, 0.15) is 25.3 Å². The van der Waals surface area contributed by atoms with Gasteiger partial charge in [0.25, 0.3) is 0 Å². The summed E-state index contributed by atoms with van der Waals surface area (Å²) in [6.45, 7) is 4.42. The molecule has 4 rings (SSSR count). The number of aromatic nitrogens is 4. The topological polar surface area (TPSA) is 43.1 Å². The van der Waals surface area contributed by atoms with E-state index in [9.17, 15) is 0 Å². The summed E-state index contributed by atoms with van der Waals surface area (Å²) in [6.07, 6.45) is 3.85. The van der Waals surface area contributed by atoms with Gasteiger partial charge in [0.05, 0.1) is 0 Å². The predicted octanol–water partition coefficient (Wildman–Crippen LogP) is 4.58. The van der Waals surface area contributed by atoms with Crippen molar-refractivity contribution >= 4 is 5.65 Å². The van der Waals surface area contributed by atoms with Crippen LogP contribution >= 0.6 is 0 Å². The molecule has 24 heavy (non-hydrogen) atoms. The molecule has 0 spiro atoms. The van der Waals surface area contributed by atoms with Crippen LogP contribution in [0.25, 0.3) is 28.3 Å². The van der Waals surface area contributed by atoms with E-state index in [-0.39, 0.29) is 0 Å². The molecule has 0 saturated heterocycles. The van der Waals surface area contributed by atoms with Crippen molar-refractivity contribution in [2.75, 3.05) is 0 Å². The van der Waals surface area contributed by atoms with Gasteiger partial charge in [-0.1, -0.05) is 44.2 Å². The van der Waals surface area contributed by atoms with Crippen molar-refractivity contribution < 1.29 is 0 Å². The quantitative estimate of drug-likeness (QED) is 0.556. The smallest absolute Gasteiger partial charge is 0.187 e. The van der Waals surface area contributed by atoms with Crippen LogP contribution < -0.4 is 0 Å². The summed E-state index contributed by atoms with van der Waals surface area (Å²) < 4.78 is 2.00. The second-order valence-electron chi connectivity index (χ2n) is 6.16. The van der Waals surface area contributed by atoms with Crippen molar-refractivity contribution in [3.05, 3.63) is 72.6 Å². The van der Waals surface area contributed by atoms with Gasteiger partial charge in [-0.15, -0.1) is 10.2 Å². The Balaban J connectivity index is 1.85. The van der Waals surface area contributed by atoms with Gasteiger partial charge in [0, 0.05) is 12.4 Å². The normalized spacial score (nSPS) is 11.3. The molecule has 4 nitrogen and oxygen atoms in total. The number of fused-ring (bicyclic) bond motifs is 1. The molecule has 0 aliphatic rings. The Morgan fingerprint density at radius 3 is 2.58 bits per heavy atom. The minimum Gasteiger partial charge on any atom is -0.281 e. The molecule has 0 amide bonds. The zero-order valence-corrected chi connectivity index (χ0v) is 13.7. The summed E-state index contributed by atoms with van der Waals surface area (Å²) in [4.78, 5) is 4.39. The molecule has 4 heteroatoms. The lowest BCUT2D eigenvalue weighted by molar-refractivity contribution is 0.867. The minimum absolute atomic E-state index is 0.507. The van der Waals surface area contributed by atoms with Crippen LogP contribution in [0, 0.1) is 0 Å². The highest BCUT2D eigenvalue weighted by atomic mass is 15.2. The molecule has 0 aliphatic carbocycles. The maximum absolute atomic E-state index is 4.39. The summed E-state index contributed by atoms with van der Waals surface area (Å²) in [5.41, 5.74) is 5.31. The molecule has 0 bridgehead atoms. The van der Waals surface area contributed by atoms with Gasteiger partial charge in [0.2, 0.25) is 0 Å². The van der Waals surface area contributed by atoms with Gasteiger partial charge in [0.15, 0.2) is 11.5 Å². The molecule has 0 N–H and O–H groups in total. The van der Waals surface area contributed by atoms with Crippen LogP contribution in [0.2, 0.25) is 0 Å². The van der Waals surface area contributed by atoms with Crippen molar-refractivity contribution in [3.8, 4) is 22.6 Å². The molecular formula is C20H18N4. The Morgan fingerprint density at radius 2 is 1.79 bits per heavy atom. The molecule has 0 saturated carbocycles. The first kappa shape index (κ1) is 14.6. The van der Waals surface area contributed by atoms with Gasteiger partial charge in [-0.2, -0.15) is 0 Å². The summed E-state index contributed by atoms with van der Waals surface area (Å²) in [6, 6.07) is 18.6. The van der Waals surface area contributed by atoms with Crippen LogP contribution in [-0.2, 0) is 0 Å². The molecule has 0 atom stereocenters. The lowest BCUT2D eigenvalue weighted by Gasteiger charge is -2.09. The third-order valence-electron chi connectivity index (χ3n) is 4.18. The third-order valence-corrected chi connectivity index (χ3v) is 4.18. The van der Waals surface area contributed by atoms with E-state index in [0.29, 0.717) is 5.92 Å². The molecule has 4 aromatic rings. The largest absolute Gasteiger partial charge is 0.281 e. The number of hydrogen-bond acceptors (Lipinski definition) is 3. The lowest BCUT2D eigenvalue weighted by Crippen LogP contribution is -1.93. The second kappa shape index (κ2) is 5.89. The Hall–Kier alpha value is -3.01. The third kappa shape index (κ3) is 2.56. The molecule has 0 radical (unpaired) electrons. The summed E-state index contributed by atoms with van der Waals surface area (Å²) in [7, 11) is 0. The van der Waals surface area contributed by atoms with Gasteiger partial charge < -0.3 is 0 Å². The average Bonchev–Trinajstić information content (AvgIpc) is 3.05. The van der Waals surface area contributed by atoms with Crippen LogP contribution in [0.3, 0.4) is 0 Å². The maximum atomic E-state index is 4.39. The average molecular weight is 314 g/mol. The fourth-order valence-electron chi connectivity index (χ4n) is 2.81. The standard InChI is InChI=1S/C20H18N4/c1-14(2)15-6-5-7-16(12-15)17-9-10-19-22-23-20(24(19)13-17)18-8-3-4-11-21-18/h3-14H,1-2H3. The van der Waals surface area contributed by atoms with E-state index in [0.717, 1.165) is 22.7 Å². The highest BCUT2D eigenvalue weighted by Gasteiger charge is 2.10. The van der Waals surface area contributed by atoms with E-state index in [1.165, 1.54) is 11.1 Å².